The van der Waals surface area contributed by atoms with Crippen LogP contribution in [0.3, 0.4) is 0 Å². The number of rotatable bonds is 5. The van der Waals surface area contributed by atoms with Gasteiger partial charge in [-0.05, 0) is 30.7 Å². The zero-order valence-corrected chi connectivity index (χ0v) is 16.5. The van der Waals surface area contributed by atoms with Gasteiger partial charge in [-0.25, -0.2) is 4.98 Å². The van der Waals surface area contributed by atoms with E-state index in [1.165, 1.54) is 22.2 Å². The van der Waals surface area contributed by atoms with E-state index in [-0.39, 0.29) is 17.2 Å². The minimum atomic E-state index is -0.00300. The first kappa shape index (κ1) is 18.2. The van der Waals surface area contributed by atoms with Gasteiger partial charge in [0.2, 0.25) is 5.91 Å². The third-order valence-corrected chi connectivity index (χ3v) is 6.62. The Kier molecular flexibility index (Phi) is 5.34. The van der Waals surface area contributed by atoms with Gasteiger partial charge in [0.15, 0.2) is 5.16 Å². The molecule has 0 aliphatic heterocycles. The van der Waals surface area contributed by atoms with Crippen LogP contribution in [0.4, 0.5) is 0 Å². The lowest BCUT2D eigenvalue weighted by Crippen LogP contribution is -2.26. The summed E-state index contributed by atoms with van der Waals surface area (Å²) < 4.78 is 1.65. The molecule has 1 aliphatic rings. The molecule has 0 saturated heterocycles. The number of fused-ring (bicyclic) bond motifs is 3. The molecule has 0 aromatic carbocycles. The molecule has 1 unspecified atom stereocenters. The number of thiophene rings is 1. The number of nitrogens with zero attached hydrogens (tertiary/aromatic N) is 3. The largest absolute Gasteiger partial charge is 0.348 e. The van der Waals surface area contributed by atoms with Crippen molar-refractivity contribution in [2.45, 2.75) is 37.9 Å². The fourth-order valence-corrected chi connectivity index (χ4v) is 5.47. The summed E-state index contributed by atoms with van der Waals surface area (Å²) in [5.74, 6) is 0.927. The minimum Gasteiger partial charge on any atom is -0.348 e. The molecule has 1 amide bonds. The SMILES string of the molecule is C=CCn1c(SCC(=O)N(C)C)nc2sc3c(c2c1=O)CCC(C)C3. The first-order valence-electron chi connectivity index (χ1n) is 8.41. The van der Waals surface area contributed by atoms with Crippen molar-refractivity contribution in [2.24, 2.45) is 5.92 Å². The van der Waals surface area contributed by atoms with E-state index in [0.29, 0.717) is 17.6 Å². The Morgan fingerprint density at radius 1 is 1.52 bits per heavy atom. The van der Waals surface area contributed by atoms with E-state index in [4.69, 9.17) is 4.98 Å². The molecule has 7 heteroatoms. The predicted octanol–water partition coefficient (Wildman–Crippen LogP) is 2.95. The van der Waals surface area contributed by atoms with E-state index >= 15 is 0 Å². The number of thioether (sulfide) groups is 1. The second kappa shape index (κ2) is 7.33. The first-order valence-corrected chi connectivity index (χ1v) is 10.2. The maximum absolute atomic E-state index is 13.1. The van der Waals surface area contributed by atoms with E-state index in [1.54, 1.807) is 41.0 Å². The summed E-state index contributed by atoms with van der Waals surface area (Å²) in [5.41, 5.74) is 1.19. The van der Waals surface area contributed by atoms with Crippen molar-refractivity contribution in [1.82, 2.24) is 14.5 Å². The van der Waals surface area contributed by atoms with Gasteiger partial charge in [0.25, 0.3) is 5.56 Å². The summed E-state index contributed by atoms with van der Waals surface area (Å²) in [7, 11) is 3.45. The number of hydrogen-bond acceptors (Lipinski definition) is 5. The molecule has 2 heterocycles. The third-order valence-electron chi connectivity index (χ3n) is 4.52. The van der Waals surface area contributed by atoms with Crippen molar-refractivity contribution in [3.05, 3.63) is 33.4 Å². The highest BCUT2D eigenvalue weighted by molar-refractivity contribution is 7.99. The van der Waals surface area contributed by atoms with Gasteiger partial charge in [-0.15, -0.1) is 17.9 Å². The van der Waals surface area contributed by atoms with Crippen LogP contribution in [-0.4, -0.2) is 40.2 Å². The summed E-state index contributed by atoms with van der Waals surface area (Å²) in [4.78, 5) is 33.4. The minimum absolute atomic E-state index is 0.00300. The quantitative estimate of drug-likeness (QED) is 0.457. The first-order chi connectivity index (χ1) is 11.9. The van der Waals surface area contributed by atoms with Crippen LogP contribution in [0.25, 0.3) is 10.2 Å². The van der Waals surface area contributed by atoms with Gasteiger partial charge >= 0.3 is 0 Å². The summed E-state index contributed by atoms with van der Waals surface area (Å²) in [6, 6.07) is 0. The van der Waals surface area contributed by atoms with Crippen molar-refractivity contribution in [2.75, 3.05) is 19.8 Å². The Morgan fingerprint density at radius 2 is 2.28 bits per heavy atom. The lowest BCUT2D eigenvalue weighted by Gasteiger charge is -2.17. The maximum atomic E-state index is 13.1. The monoisotopic (exact) mass is 377 g/mol. The average Bonchev–Trinajstić information content (AvgIpc) is 2.92. The van der Waals surface area contributed by atoms with Crippen LogP contribution in [0.1, 0.15) is 23.8 Å². The zero-order chi connectivity index (χ0) is 18.1. The van der Waals surface area contributed by atoms with Crippen molar-refractivity contribution in [3.8, 4) is 0 Å². The summed E-state index contributed by atoms with van der Waals surface area (Å²) in [5, 5.41) is 1.37. The molecule has 1 aliphatic carbocycles. The molecule has 0 saturated carbocycles. The van der Waals surface area contributed by atoms with E-state index in [1.807, 2.05) is 0 Å². The average molecular weight is 378 g/mol. The molecule has 5 nitrogen and oxygen atoms in total. The van der Waals surface area contributed by atoms with E-state index in [9.17, 15) is 9.59 Å². The van der Waals surface area contributed by atoms with Crippen molar-refractivity contribution in [3.63, 3.8) is 0 Å². The fourth-order valence-electron chi connectivity index (χ4n) is 3.06. The zero-order valence-electron chi connectivity index (χ0n) is 14.9. The Labute approximate surface area is 155 Å². The number of allylic oxidation sites excluding steroid dienone is 1. The van der Waals surface area contributed by atoms with Crippen LogP contribution in [0.15, 0.2) is 22.6 Å². The van der Waals surface area contributed by atoms with Crippen molar-refractivity contribution in [1.29, 1.82) is 0 Å². The van der Waals surface area contributed by atoms with Crippen molar-refractivity contribution >= 4 is 39.2 Å². The van der Waals surface area contributed by atoms with Gasteiger partial charge in [0, 0.05) is 25.5 Å². The highest BCUT2D eigenvalue weighted by atomic mass is 32.2. The van der Waals surface area contributed by atoms with Crippen LogP contribution >= 0.6 is 23.1 Å². The Morgan fingerprint density at radius 3 is 2.96 bits per heavy atom. The van der Waals surface area contributed by atoms with Gasteiger partial charge in [-0.1, -0.05) is 24.8 Å². The van der Waals surface area contributed by atoms with Gasteiger partial charge < -0.3 is 4.90 Å². The van der Waals surface area contributed by atoms with E-state index < -0.39 is 0 Å². The molecule has 0 N–H and O–H groups in total. The van der Waals surface area contributed by atoms with E-state index in [2.05, 4.69) is 13.5 Å². The molecule has 0 spiro atoms. The molecule has 134 valence electrons. The summed E-state index contributed by atoms with van der Waals surface area (Å²) in [6.07, 6.45) is 4.80. The van der Waals surface area contributed by atoms with Gasteiger partial charge in [0.05, 0.1) is 11.1 Å². The highest BCUT2D eigenvalue weighted by Gasteiger charge is 2.24. The van der Waals surface area contributed by atoms with Gasteiger partial charge in [0.1, 0.15) is 4.83 Å². The Balaban J connectivity index is 2.07. The number of carbonyl (C=O) groups excluding carboxylic acids is 1. The standard InChI is InChI=1S/C18H23N3O2S2/c1-5-8-21-17(23)15-12-7-6-11(2)9-13(12)25-16(15)19-18(21)24-10-14(22)20(3)4/h5,11H,1,6-10H2,2-4H3. The molecule has 0 radical (unpaired) electrons. The molecular weight excluding hydrogens is 354 g/mol. The lowest BCUT2D eigenvalue weighted by molar-refractivity contribution is -0.125. The fraction of sp³-hybridized carbons (Fsp3) is 0.500. The number of aromatic nitrogens is 2. The van der Waals surface area contributed by atoms with Crippen LogP contribution in [-0.2, 0) is 24.2 Å². The van der Waals surface area contributed by atoms with E-state index in [0.717, 1.165) is 29.5 Å². The normalized spacial score (nSPS) is 16.7. The van der Waals surface area contributed by atoms with Crippen LogP contribution in [0.2, 0.25) is 0 Å². The smallest absolute Gasteiger partial charge is 0.263 e. The number of aryl methyl sites for hydroxylation is 1. The van der Waals surface area contributed by atoms with Crippen LogP contribution in [0.5, 0.6) is 0 Å². The highest BCUT2D eigenvalue weighted by Crippen LogP contribution is 2.36. The van der Waals surface area contributed by atoms with Crippen molar-refractivity contribution < 1.29 is 4.79 Å². The van der Waals surface area contributed by atoms with Gasteiger partial charge in [-0.2, -0.15) is 0 Å². The van der Waals surface area contributed by atoms with Gasteiger partial charge in [-0.3, -0.25) is 14.2 Å². The molecule has 2 aromatic heterocycles. The molecule has 0 bridgehead atoms. The second-order valence-corrected chi connectivity index (χ2v) is 8.73. The molecular formula is C18H23N3O2S2. The Bertz CT molecular complexity index is 883. The third kappa shape index (κ3) is 3.53. The van der Waals surface area contributed by atoms with Crippen LogP contribution < -0.4 is 5.56 Å². The number of amides is 1. The predicted molar refractivity (Wildman–Crippen MR) is 105 cm³/mol. The molecule has 1 atom stereocenters. The molecule has 2 aromatic rings. The number of carbonyl (C=O) groups is 1. The topological polar surface area (TPSA) is 55.2 Å². The second-order valence-electron chi connectivity index (χ2n) is 6.71. The molecule has 25 heavy (non-hydrogen) atoms. The maximum Gasteiger partial charge on any atom is 0.263 e. The molecule has 3 rings (SSSR count). The van der Waals surface area contributed by atoms with Crippen LogP contribution in [0, 0.1) is 5.92 Å². The summed E-state index contributed by atoms with van der Waals surface area (Å²) in [6.45, 7) is 6.42. The summed E-state index contributed by atoms with van der Waals surface area (Å²) >= 11 is 2.96. The molecule has 0 fully saturated rings. The number of hydrogen-bond donors (Lipinski definition) is 0. The Hall–Kier alpha value is -1.60. The lowest BCUT2D eigenvalue weighted by atomic mass is 9.89.